The molecule has 0 saturated carbocycles. The Hall–Kier alpha value is -0.590. The Morgan fingerprint density at radius 3 is 2.86 bits per heavy atom. The predicted octanol–water partition coefficient (Wildman–Crippen LogP) is -0.122. The maximum atomic E-state index is 9.16. The Labute approximate surface area is 87.9 Å². The molecule has 0 fully saturated rings. The molecule has 0 bridgehead atoms. The molecule has 1 heterocycles. The van der Waals surface area contributed by atoms with Gasteiger partial charge in [-0.15, -0.1) is 10.2 Å². The lowest BCUT2D eigenvalue weighted by Crippen LogP contribution is -2.45. The van der Waals surface area contributed by atoms with Gasteiger partial charge in [0.05, 0.1) is 6.61 Å². The van der Waals surface area contributed by atoms with Crippen molar-refractivity contribution in [3.8, 4) is 0 Å². The molecule has 14 heavy (non-hydrogen) atoms. The van der Waals surface area contributed by atoms with Crippen LogP contribution in [0, 0.1) is 0 Å². The van der Waals surface area contributed by atoms with Gasteiger partial charge in [-0.25, -0.2) is 0 Å². The van der Waals surface area contributed by atoms with E-state index in [2.05, 4.69) is 15.5 Å². The van der Waals surface area contributed by atoms with Gasteiger partial charge < -0.3 is 15.0 Å². The summed E-state index contributed by atoms with van der Waals surface area (Å²) in [6.07, 6.45) is 1.66. The number of nitrogens with zero attached hydrogens (tertiary/aromatic N) is 3. The van der Waals surface area contributed by atoms with Crippen molar-refractivity contribution in [2.45, 2.75) is 17.6 Å². The van der Waals surface area contributed by atoms with E-state index in [0.29, 0.717) is 0 Å². The van der Waals surface area contributed by atoms with Crippen LogP contribution in [0.2, 0.25) is 0 Å². The fraction of sp³-hybridized carbons (Fsp3) is 0.750. The number of nitrogens with one attached hydrogen (secondary N) is 1. The number of aryl methyl sites for hydroxylation is 1. The molecule has 80 valence electrons. The van der Waals surface area contributed by atoms with Gasteiger partial charge in [-0.3, -0.25) is 0 Å². The van der Waals surface area contributed by atoms with E-state index in [1.54, 1.807) is 18.1 Å². The van der Waals surface area contributed by atoms with E-state index in [1.165, 1.54) is 0 Å². The molecular formula is C8H16N4OS. The monoisotopic (exact) mass is 216 g/mol. The summed E-state index contributed by atoms with van der Waals surface area (Å²) in [6, 6.07) is 0. The van der Waals surface area contributed by atoms with Gasteiger partial charge >= 0.3 is 0 Å². The molecular weight excluding hydrogens is 200 g/mol. The summed E-state index contributed by atoms with van der Waals surface area (Å²) in [4.78, 5) is 0. The van der Waals surface area contributed by atoms with Crippen LogP contribution < -0.4 is 5.32 Å². The highest BCUT2D eigenvalue weighted by molar-refractivity contribution is 7.99. The van der Waals surface area contributed by atoms with Crippen molar-refractivity contribution >= 4 is 11.8 Å². The largest absolute Gasteiger partial charge is 0.394 e. The lowest BCUT2D eigenvalue weighted by atomic mass is 10.1. The smallest absolute Gasteiger partial charge is 0.190 e. The van der Waals surface area contributed by atoms with Crippen LogP contribution in [0.15, 0.2) is 11.5 Å². The summed E-state index contributed by atoms with van der Waals surface area (Å²) in [5.41, 5.74) is -0.267. The van der Waals surface area contributed by atoms with E-state index in [9.17, 15) is 0 Å². The minimum Gasteiger partial charge on any atom is -0.394 e. The van der Waals surface area contributed by atoms with Gasteiger partial charge in [0.15, 0.2) is 5.16 Å². The van der Waals surface area contributed by atoms with Gasteiger partial charge in [0.1, 0.15) is 6.33 Å². The lowest BCUT2D eigenvalue weighted by molar-refractivity contribution is 0.200. The van der Waals surface area contributed by atoms with Crippen LogP contribution in [0.4, 0.5) is 0 Å². The lowest BCUT2D eigenvalue weighted by Gasteiger charge is -2.25. The second-order valence-corrected chi connectivity index (χ2v) is 4.42. The third-order valence-electron chi connectivity index (χ3n) is 2.14. The number of hydrogen-bond donors (Lipinski definition) is 2. The van der Waals surface area contributed by atoms with E-state index < -0.39 is 0 Å². The van der Waals surface area contributed by atoms with Crippen LogP contribution in [0.5, 0.6) is 0 Å². The summed E-state index contributed by atoms with van der Waals surface area (Å²) in [5, 5.41) is 20.8. The summed E-state index contributed by atoms with van der Waals surface area (Å²) < 4.78 is 1.86. The molecule has 0 aliphatic carbocycles. The van der Waals surface area contributed by atoms with Crippen LogP contribution in [0.3, 0.4) is 0 Å². The number of thioether (sulfide) groups is 1. The molecule has 1 aromatic rings. The second kappa shape index (κ2) is 4.77. The minimum absolute atomic E-state index is 0.106. The Kier molecular flexibility index (Phi) is 3.91. The zero-order valence-corrected chi connectivity index (χ0v) is 9.51. The number of aromatic nitrogens is 3. The molecule has 0 aromatic carbocycles. The fourth-order valence-corrected chi connectivity index (χ4v) is 1.86. The van der Waals surface area contributed by atoms with Crippen molar-refractivity contribution in [1.82, 2.24) is 20.1 Å². The number of hydrogen-bond acceptors (Lipinski definition) is 5. The summed E-state index contributed by atoms with van der Waals surface area (Å²) in [7, 11) is 3.74. The van der Waals surface area contributed by atoms with Crippen molar-refractivity contribution in [3.05, 3.63) is 6.33 Å². The van der Waals surface area contributed by atoms with Crippen molar-refractivity contribution < 1.29 is 5.11 Å². The third-order valence-corrected chi connectivity index (χ3v) is 3.55. The number of likely N-dealkylation sites (N-methyl/N-ethyl adjacent to an activating group) is 1. The normalized spacial score (nSPS) is 15.4. The van der Waals surface area contributed by atoms with Crippen LogP contribution >= 0.6 is 11.8 Å². The molecule has 0 radical (unpaired) electrons. The molecule has 2 N–H and O–H groups in total. The Morgan fingerprint density at radius 2 is 2.43 bits per heavy atom. The first-order valence-corrected chi connectivity index (χ1v) is 5.36. The predicted molar refractivity (Wildman–Crippen MR) is 56.3 cm³/mol. The first-order valence-electron chi connectivity index (χ1n) is 4.38. The number of aliphatic hydroxyl groups is 1. The number of rotatable bonds is 5. The standard InChI is InChI=1S/C8H16N4OS/c1-8(4-13,9-2)5-14-7-11-10-6-12(7)3/h6,9,13H,4-5H2,1-3H3. The van der Waals surface area contributed by atoms with Gasteiger partial charge in [-0.05, 0) is 14.0 Å². The minimum atomic E-state index is -0.267. The molecule has 1 aromatic heterocycles. The van der Waals surface area contributed by atoms with Gasteiger partial charge in [0.2, 0.25) is 0 Å². The summed E-state index contributed by atoms with van der Waals surface area (Å²) >= 11 is 1.58. The average Bonchev–Trinajstić information content (AvgIpc) is 2.61. The van der Waals surface area contributed by atoms with Crippen LogP contribution in [0.25, 0.3) is 0 Å². The Balaban J connectivity index is 2.52. The summed E-state index contributed by atoms with van der Waals surface area (Å²) in [6.45, 7) is 2.07. The Morgan fingerprint density at radius 1 is 1.71 bits per heavy atom. The maximum absolute atomic E-state index is 9.16. The van der Waals surface area contributed by atoms with Crippen molar-refractivity contribution in [3.63, 3.8) is 0 Å². The first kappa shape index (κ1) is 11.5. The van der Waals surface area contributed by atoms with Crippen LogP contribution in [0.1, 0.15) is 6.92 Å². The molecule has 5 nitrogen and oxygen atoms in total. The van der Waals surface area contributed by atoms with E-state index in [-0.39, 0.29) is 12.1 Å². The maximum Gasteiger partial charge on any atom is 0.190 e. The molecule has 1 atom stereocenters. The second-order valence-electron chi connectivity index (χ2n) is 3.48. The first-order chi connectivity index (χ1) is 6.61. The van der Waals surface area contributed by atoms with Crippen molar-refractivity contribution in [2.75, 3.05) is 19.4 Å². The highest BCUT2D eigenvalue weighted by Gasteiger charge is 2.21. The highest BCUT2D eigenvalue weighted by Crippen LogP contribution is 2.19. The van der Waals surface area contributed by atoms with Gasteiger partial charge in [-0.1, -0.05) is 11.8 Å². The van der Waals surface area contributed by atoms with Crippen molar-refractivity contribution in [2.24, 2.45) is 7.05 Å². The molecule has 0 saturated heterocycles. The van der Waals surface area contributed by atoms with Crippen LogP contribution in [-0.4, -0.2) is 44.8 Å². The third kappa shape index (κ3) is 2.70. The van der Waals surface area contributed by atoms with Crippen molar-refractivity contribution in [1.29, 1.82) is 0 Å². The SMILES string of the molecule is CNC(C)(CO)CSc1nncn1C. The van der Waals surface area contributed by atoms with E-state index in [4.69, 9.17) is 5.11 Å². The zero-order valence-electron chi connectivity index (χ0n) is 8.69. The molecule has 0 amide bonds. The topological polar surface area (TPSA) is 63.0 Å². The Bertz CT molecular complexity index is 285. The molecule has 1 unspecified atom stereocenters. The molecule has 6 heteroatoms. The molecule has 1 rings (SSSR count). The van der Waals surface area contributed by atoms with Gasteiger partial charge in [0.25, 0.3) is 0 Å². The quantitative estimate of drug-likeness (QED) is 0.672. The average molecular weight is 216 g/mol. The molecule has 0 aliphatic rings. The fourth-order valence-electron chi connectivity index (χ4n) is 0.824. The zero-order chi connectivity index (χ0) is 10.6. The van der Waals surface area contributed by atoms with Crippen LogP contribution in [-0.2, 0) is 7.05 Å². The molecule has 0 aliphatic heterocycles. The highest BCUT2D eigenvalue weighted by atomic mass is 32.2. The van der Waals surface area contributed by atoms with Gasteiger partial charge in [0, 0.05) is 18.3 Å². The molecule has 0 spiro atoms. The van der Waals surface area contributed by atoms with E-state index in [0.717, 1.165) is 10.9 Å². The summed E-state index contributed by atoms with van der Waals surface area (Å²) in [5.74, 6) is 0.756. The van der Waals surface area contributed by atoms with E-state index >= 15 is 0 Å². The van der Waals surface area contributed by atoms with E-state index in [1.807, 2.05) is 25.6 Å². The number of aliphatic hydroxyl groups excluding tert-OH is 1. The van der Waals surface area contributed by atoms with Gasteiger partial charge in [-0.2, -0.15) is 0 Å².